The molecule has 3 nitrogen and oxygen atoms in total. The lowest BCUT2D eigenvalue weighted by Gasteiger charge is -2.13. The molecule has 0 amide bonds. The first-order valence-corrected chi connectivity index (χ1v) is 6.21. The van der Waals surface area contributed by atoms with Crippen LogP contribution in [0.5, 0.6) is 5.75 Å². The average molecular weight is 250 g/mol. The van der Waals surface area contributed by atoms with E-state index in [1.165, 1.54) is 6.07 Å². The van der Waals surface area contributed by atoms with E-state index in [0.717, 1.165) is 30.5 Å². The fourth-order valence-electron chi connectivity index (χ4n) is 2.14. The Kier molecular flexibility index (Phi) is 3.57. The van der Waals surface area contributed by atoms with E-state index in [9.17, 15) is 9.50 Å². The van der Waals surface area contributed by atoms with Crippen LogP contribution in [0.25, 0.3) is 10.9 Å². The van der Waals surface area contributed by atoms with Gasteiger partial charge in [-0.05, 0) is 32.5 Å². The number of halogens is 1. The third kappa shape index (κ3) is 2.20. The number of hydrogen-bond acceptors (Lipinski definition) is 2. The highest BCUT2D eigenvalue weighted by molar-refractivity contribution is 5.91. The Labute approximate surface area is 106 Å². The molecule has 1 heterocycles. The maximum Gasteiger partial charge on any atom is 0.131 e. The molecule has 1 aromatic heterocycles. The summed E-state index contributed by atoms with van der Waals surface area (Å²) >= 11 is 0. The summed E-state index contributed by atoms with van der Waals surface area (Å²) in [7, 11) is 2.06. The molecule has 2 N–H and O–H groups in total. The minimum Gasteiger partial charge on any atom is -0.507 e. The number of nitrogens with zero attached hydrogens (tertiary/aromatic N) is 1. The number of H-pyrrole nitrogens is 1. The third-order valence-electron chi connectivity index (χ3n) is 3.52. The molecule has 0 saturated carbocycles. The number of hydrogen-bond donors (Lipinski definition) is 2. The molecule has 0 saturated heterocycles. The Morgan fingerprint density at radius 2 is 2.17 bits per heavy atom. The fraction of sp³-hybridized carbons (Fsp3) is 0.429. The highest BCUT2D eigenvalue weighted by Gasteiger charge is 2.14. The van der Waals surface area contributed by atoms with Crippen LogP contribution < -0.4 is 0 Å². The second-order valence-corrected chi connectivity index (χ2v) is 4.71. The lowest BCUT2D eigenvalue weighted by Crippen LogP contribution is -2.20. The molecule has 0 radical (unpaired) electrons. The lowest BCUT2D eigenvalue weighted by atomic mass is 10.1. The second-order valence-electron chi connectivity index (χ2n) is 4.71. The van der Waals surface area contributed by atoms with Gasteiger partial charge in [-0.15, -0.1) is 0 Å². The van der Waals surface area contributed by atoms with Crippen molar-refractivity contribution in [2.24, 2.45) is 0 Å². The molecule has 2 rings (SSSR count). The Balaban J connectivity index is 2.39. The third-order valence-corrected chi connectivity index (χ3v) is 3.52. The zero-order valence-electron chi connectivity index (χ0n) is 11.0. The van der Waals surface area contributed by atoms with Gasteiger partial charge in [-0.3, -0.25) is 0 Å². The van der Waals surface area contributed by atoms with Gasteiger partial charge in [0.05, 0.1) is 5.52 Å². The predicted octanol–water partition coefficient (Wildman–Crippen LogP) is 2.82. The molecule has 0 fully saturated rings. The Bertz CT molecular complexity index is 562. The van der Waals surface area contributed by atoms with Crippen molar-refractivity contribution in [2.75, 3.05) is 20.1 Å². The first kappa shape index (κ1) is 12.9. The number of aromatic amines is 1. The predicted molar refractivity (Wildman–Crippen MR) is 71.5 cm³/mol. The van der Waals surface area contributed by atoms with Crippen molar-refractivity contribution in [1.29, 1.82) is 0 Å². The standard InChI is InChI=1S/C14H19FN2O/c1-4-17(3)6-5-10-8-16-14-9(2)11(15)7-12(18)13(10)14/h7-8,16,18H,4-6H2,1-3H3. The minimum atomic E-state index is -0.376. The number of phenols is 1. The lowest BCUT2D eigenvalue weighted by molar-refractivity contribution is 0.358. The Morgan fingerprint density at radius 1 is 1.44 bits per heavy atom. The number of fused-ring (bicyclic) bond motifs is 1. The molecule has 0 spiro atoms. The van der Waals surface area contributed by atoms with E-state index in [1.54, 1.807) is 6.92 Å². The van der Waals surface area contributed by atoms with E-state index in [4.69, 9.17) is 0 Å². The zero-order chi connectivity index (χ0) is 13.3. The van der Waals surface area contributed by atoms with Gasteiger partial charge in [0.2, 0.25) is 0 Å². The van der Waals surface area contributed by atoms with Crippen LogP contribution in [-0.4, -0.2) is 35.1 Å². The van der Waals surface area contributed by atoms with Crippen molar-refractivity contribution in [3.05, 3.63) is 29.2 Å². The summed E-state index contributed by atoms with van der Waals surface area (Å²) in [5.41, 5.74) is 2.28. The minimum absolute atomic E-state index is 0.0171. The topological polar surface area (TPSA) is 39.3 Å². The van der Waals surface area contributed by atoms with Crippen LogP contribution in [0.2, 0.25) is 0 Å². The number of benzene rings is 1. The van der Waals surface area contributed by atoms with Crippen molar-refractivity contribution in [1.82, 2.24) is 9.88 Å². The van der Waals surface area contributed by atoms with E-state index in [-0.39, 0.29) is 11.6 Å². The van der Waals surface area contributed by atoms with Crippen molar-refractivity contribution in [2.45, 2.75) is 20.3 Å². The summed E-state index contributed by atoms with van der Waals surface area (Å²) in [5, 5.41) is 10.6. The van der Waals surface area contributed by atoms with Gasteiger partial charge in [-0.2, -0.15) is 0 Å². The maximum atomic E-state index is 13.5. The van der Waals surface area contributed by atoms with Crippen LogP contribution in [0.4, 0.5) is 4.39 Å². The number of nitrogens with one attached hydrogen (secondary N) is 1. The summed E-state index contributed by atoms with van der Waals surface area (Å²) in [5.74, 6) is -0.359. The molecule has 0 aliphatic carbocycles. The normalized spacial score (nSPS) is 11.6. The summed E-state index contributed by atoms with van der Waals surface area (Å²) in [4.78, 5) is 5.26. The monoisotopic (exact) mass is 250 g/mol. The van der Waals surface area contributed by atoms with Gasteiger partial charge >= 0.3 is 0 Å². The van der Waals surface area contributed by atoms with Crippen molar-refractivity contribution in [3.8, 4) is 5.75 Å². The molecule has 0 bridgehead atoms. The molecule has 18 heavy (non-hydrogen) atoms. The highest BCUT2D eigenvalue weighted by Crippen LogP contribution is 2.32. The van der Waals surface area contributed by atoms with Gasteiger partial charge in [0.25, 0.3) is 0 Å². The SMILES string of the molecule is CCN(C)CCc1c[nH]c2c(C)c(F)cc(O)c12. The average Bonchev–Trinajstić information content (AvgIpc) is 2.77. The van der Waals surface area contributed by atoms with Gasteiger partial charge in [0, 0.05) is 29.8 Å². The van der Waals surface area contributed by atoms with Crippen molar-refractivity contribution >= 4 is 10.9 Å². The van der Waals surface area contributed by atoms with E-state index in [0.29, 0.717) is 11.1 Å². The smallest absolute Gasteiger partial charge is 0.131 e. The number of aromatic hydroxyl groups is 1. The van der Waals surface area contributed by atoms with Gasteiger partial charge in [-0.25, -0.2) is 4.39 Å². The van der Waals surface area contributed by atoms with Crippen LogP contribution in [0.15, 0.2) is 12.3 Å². The Morgan fingerprint density at radius 3 is 2.83 bits per heavy atom. The van der Waals surface area contributed by atoms with E-state index < -0.39 is 0 Å². The molecule has 0 atom stereocenters. The van der Waals surface area contributed by atoms with Crippen LogP contribution in [0, 0.1) is 12.7 Å². The molecular formula is C14H19FN2O. The quantitative estimate of drug-likeness (QED) is 0.875. The van der Waals surface area contributed by atoms with Gasteiger partial charge in [0.15, 0.2) is 0 Å². The van der Waals surface area contributed by atoms with Gasteiger partial charge < -0.3 is 15.0 Å². The summed E-state index contributed by atoms with van der Waals surface area (Å²) in [6, 6.07) is 1.19. The number of aryl methyl sites for hydroxylation is 1. The number of likely N-dealkylation sites (N-methyl/N-ethyl adjacent to an activating group) is 1. The van der Waals surface area contributed by atoms with E-state index in [2.05, 4.69) is 23.9 Å². The molecule has 1 aromatic carbocycles. The van der Waals surface area contributed by atoms with Crippen molar-refractivity contribution in [3.63, 3.8) is 0 Å². The highest BCUT2D eigenvalue weighted by atomic mass is 19.1. The van der Waals surface area contributed by atoms with Crippen LogP contribution in [-0.2, 0) is 6.42 Å². The number of phenolic OH excluding ortho intramolecular Hbond substituents is 1. The second kappa shape index (κ2) is 4.98. The first-order valence-electron chi connectivity index (χ1n) is 6.21. The molecular weight excluding hydrogens is 231 g/mol. The summed E-state index contributed by atoms with van der Waals surface area (Å²) in [6.07, 6.45) is 2.70. The van der Waals surface area contributed by atoms with E-state index in [1.807, 2.05) is 6.20 Å². The molecule has 0 aliphatic heterocycles. The molecule has 4 heteroatoms. The Hall–Kier alpha value is -1.55. The number of rotatable bonds is 4. The van der Waals surface area contributed by atoms with Crippen LogP contribution in [0.1, 0.15) is 18.1 Å². The van der Waals surface area contributed by atoms with Crippen molar-refractivity contribution < 1.29 is 9.50 Å². The summed E-state index contributed by atoms with van der Waals surface area (Å²) in [6.45, 7) is 5.73. The fourth-order valence-corrected chi connectivity index (χ4v) is 2.14. The largest absolute Gasteiger partial charge is 0.507 e. The zero-order valence-corrected chi connectivity index (χ0v) is 11.0. The van der Waals surface area contributed by atoms with Gasteiger partial charge in [0.1, 0.15) is 11.6 Å². The van der Waals surface area contributed by atoms with Gasteiger partial charge in [-0.1, -0.05) is 6.92 Å². The molecule has 2 aromatic rings. The molecule has 98 valence electrons. The first-order chi connectivity index (χ1) is 8.54. The molecule has 0 unspecified atom stereocenters. The van der Waals surface area contributed by atoms with Crippen LogP contribution in [0.3, 0.4) is 0 Å². The van der Waals surface area contributed by atoms with E-state index >= 15 is 0 Å². The molecule has 0 aliphatic rings. The summed E-state index contributed by atoms with van der Waals surface area (Å²) < 4.78 is 13.5. The number of aromatic nitrogens is 1. The maximum absolute atomic E-state index is 13.5. The van der Waals surface area contributed by atoms with Crippen LogP contribution >= 0.6 is 0 Å².